The Balaban J connectivity index is 1.95. The SMILES string of the molecule is CCNC(=NCc1ccc(C)c(F)c1)NCc1ccc(COC)cc1. The molecule has 2 N–H and O–H groups in total. The van der Waals surface area contributed by atoms with Crippen LogP contribution in [0.25, 0.3) is 0 Å². The van der Waals surface area contributed by atoms with Crippen molar-refractivity contribution in [2.45, 2.75) is 33.5 Å². The Kier molecular flexibility index (Phi) is 7.41. The number of hydrogen-bond acceptors (Lipinski definition) is 2. The van der Waals surface area contributed by atoms with Crippen LogP contribution in [-0.4, -0.2) is 19.6 Å². The van der Waals surface area contributed by atoms with Crippen LogP contribution in [0.3, 0.4) is 0 Å². The van der Waals surface area contributed by atoms with E-state index in [1.165, 1.54) is 6.07 Å². The number of halogens is 1. The molecule has 2 aromatic rings. The number of guanidine groups is 1. The lowest BCUT2D eigenvalue weighted by Gasteiger charge is -2.12. The summed E-state index contributed by atoms with van der Waals surface area (Å²) in [6, 6.07) is 13.5. The molecular weight excluding hydrogens is 317 g/mol. The van der Waals surface area contributed by atoms with Crippen molar-refractivity contribution in [1.82, 2.24) is 10.6 Å². The molecule has 0 aliphatic rings. The van der Waals surface area contributed by atoms with Gasteiger partial charge in [0.15, 0.2) is 5.96 Å². The maximum absolute atomic E-state index is 13.6. The zero-order valence-electron chi connectivity index (χ0n) is 15.1. The van der Waals surface area contributed by atoms with E-state index in [4.69, 9.17) is 4.74 Å². The van der Waals surface area contributed by atoms with E-state index in [0.29, 0.717) is 31.2 Å². The smallest absolute Gasteiger partial charge is 0.191 e. The molecule has 5 heteroatoms. The Hall–Kier alpha value is -2.40. The van der Waals surface area contributed by atoms with Crippen LogP contribution in [0.2, 0.25) is 0 Å². The van der Waals surface area contributed by atoms with Crippen molar-refractivity contribution < 1.29 is 9.13 Å². The van der Waals surface area contributed by atoms with Gasteiger partial charge in [-0.05, 0) is 42.2 Å². The van der Waals surface area contributed by atoms with E-state index >= 15 is 0 Å². The Morgan fingerprint density at radius 3 is 2.36 bits per heavy atom. The van der Waals surface area contributed by atoms with Crippen LogP contribution < -0.4 is 10.6 Å². The fourth-order valence-electron chi connectivity index (χ4n) is 2.35. The molecule has 134 valence electrons. The van der Waals surface area contributed by atoms with Crippen molar-refractivity contribution >= 4 is 5.96 Å². The van der Waals surface area contributed by atoms with Gasteiger partial charge in [0.05, 0.1) is 13.2 Å². The molecule has 0 radical (unpaired) electrons. The summed E-state index contributed by atoms with van der Waals surface area (Å²) in [6.45, 7) is 6.25. The summed E-state index contributed by atoms with van der Waals surface area (Å²) in [7, 11) is 1.69. The van der Waals surface area contributed by atoms with Crippen LogP contribution in [0.15, 0.2) is 47.5 Å². The molecule has 2 rings (SSSR count). The lowest BCUT2D eigenvalue weighted by atomic mass is 10.1. The molecule has 2 aromatic carbocycles. The first-order chi connectivity index (χ1) is 12.1. The number of aliphatic imine (C=N–C) groups is 1. The molecule has 0 amide bonds. The van der Waals surface area contributed by atoms with Gasteiger partial charge in [-0.1, -0.05) is 36.4 Å². The van der Waals surface area contributed by atoms with E-state index in [2.05, 4.69) is 39.9 Å². The Morgan fingerprint density at radius 2 is 1.72 bits per heavy atom. The summed E-state index contributed by atoms with van der Waals surface area (Å²) >= 11 is 0. The minimum absolute atomic E-state index is 0.193. The summed E-state index contributed by atoms with van der Waals surface area (Å²) in [4.78, 5) is 4.52. The van der Waals surface area contributed by atoms with Crippen LogP contribution in [0.4, 0.5) is 4.39 Å². The van der Waals surface area contributed by atoms with Crippen molar-refractivity contribution in [1.29, 1.82) is 0 Å². The van der Waals surface area contributed by atoms with Crippen LogP contribution in [-0.2, 0) is 24.4 Å². The molecule has 0 aromatic heterocycles. The molecule has 0 bridgehead atoms. The van der Waals surface area contributed by atoms with Gasteiger partial charge in [0.2, 0.25) is 0 Å². The molecule has 25 heavy (non-hydrogen) atoms. The third-order valence-corrected chi connectivity index (χ3v) is 3.79. The van der Waals surface area contributed by atoms with E-state index in [1.54, 1.807) is 20.1 Å². The van der Waals surface area contributed by atoms with Crippen molar-refractivity contribution in [3.8, 4) is 0 Å². The standard InChI is InChI=1S/C20H26FN3O/c1-4-22-20(24-13-18-6-5-15(2)19(21)11-18)23-12-16-7-9-17(10-8-16)14-25-3/h5-11H,4,12-14H2,1-3H3,(H2,22,23,24). The predicted molar refractivity (Wildman–Crippen MR) is 99.9 cm³/mol. The van der Waals surface area contributed by atoms with Crippen molar-refractivity contribution in [2.24, 2.45) is 4.99 Å². The van der Waals surface area contributed by atoms with Crippen LogP contribution in [0, 0.1) is 12.7 Å². The summed E-state index contributed by atoms with van der Waals surface area (Å²) < 4.78 is 18.7. The second-order valence-electron chi connectivity index (χ2n) is 5.88. The van der Waals surface area contributed by atoms with E-state index in [1.807, 2.05) is 13.0 Å². The van der Waals surface area contributed by atoms with Gasteiger partial charge in [-0.2, -0.15) is 0 Å². The molecule has 0 heterocycles. The minimum Gasteiger partial charge on any atom is -0.380 e. The zero-order valence-corrected chi connectivity index (χ0v) is 15.1. The molecule has 0 atom stereocenters. The number of hydrogen-bond donors (Lipinski definition) is 2. The summed E-state index contributed by atoms with van der Waals surface area (Å²) in [6.07, 6.45) is 0. The highest BCUT2D eigenvalue weighted by Crippen LogP contribution is 2.10. The quantitative estimate of drug-likeness (QED) is 0.597. The van der Waals surface area contributed by atoms with E-state index in [0.717, 1.165) is 23.2 Å². The van der Waals surface area contributed by atoms with E-state index in [9.17, 15) is 4.39 Å². The molecule has 0 spiro atoms. The third kappa shape index (κ3) is 6.19. The predicted octanol–water partition coefficient (Wildman–Crippen LogP) is 3.54. The molecule has 0 aliphatic carbocycles. The number of ether oxygens (including phenoxy) is 1. The van der Waals surface area contributed by atoms with Crippen molar-refractivity contribution in [2.75, 3.05) is 13.7 Å². The Bertz CT molecular complexity index is 699. The van der Waals surface area contributed by atoms with Crippen LogP contribution in [0.5, 0.6) is 0 Å². The maximum Gasteiger partial charge on any atom is 0.191 e. The summed E-state index contributed by atoms with van der Waals surface area (Å²) in [5.74, 6) is 0.520. The maximum atomic E-state index is 13.6. The van der Waals surface area contributed by atoms with Crippen molar-refractivity contribution in [3.63, 3.8) is 0 Å². The number of nitrogens with one attached hydrogen (secondary N) is 2. The first kappa shape index (κ1) is 18.9. The van der Waals surface area contributed by atoms with Gasteiger partial charge < -0.3 is 15.4 Å². The molecular formula is C20H26FN3O. The van der Waals surface area contributed by atoms with Gasteiger partial charge in [0, 0.05) is 20.2 Å². The lowest BCUT2D eigenvalue weighted by molar-refractivity contribution is 0.185. The van der Waals surface area contributed by atoms with Gasteiger partial charge in [-0.3, -0.25) is 0 Å². The van der Waals surface area contributed by atoms with Crippen LogP contribution in [0.1, 0.15) is 29.2 Å². The highest BCUT2D eigenvalue weighted by Gasteiger charge is 2.02. The number of benzene rings is 2. The summed E-state index contributed by atoms with van der Waals surface area (Å²) in [5.41, 5.74) is 3.80. The normalized spacial score (nSPS) is 11.4. The number of rotatable bonds is 7. The minimum atomic E-state index is -0.193. The number of methoxy groups -OCH3 is 1. The zero-order chi connectivity index (χ0) is 18.1. The molecule has 0 saturated heterocycles. The molecule has 0 fully saturated rings. The first-order valence-electron chi connectivity index (χ1n) is 8.46. The number of aryl methyl sites for hydroxylation is 1. The summed E-state index contributed by atoms with van der Waals surface area (Å²) in [5, 5.41) is 6.50. The topological polar surface area (TPSA) is 45.7 Å². The second kappa shape index (κ2) is 9.79. The third-order valence-electron chi connectivity index (χ3n) is 3.79. The highest BCUT2D eigenvalue weighted by atomic mass is 19.1. The average molecular weight is 343 g/mol. The largest absolute Gasteiger partial charge is 0.380 e. The Labute approximate surface area is 149 Å². The Morgan fingerprint density at radius 1 is 1.04 bits per heavy atom. The monoisotopic (exact) mass is 343 g/mol. The van der Waals surface area contributed by atoms with Gasteiger partial charge >= 0.3 is 0 Å². The van der Waals surface area contributed by atoms with E-state index < -0.39 is 0 Å². The molecule has 0 unspecified atom stereocenters. The van der Waals surface area contributed by atoms with Crippen molar-refractivity contribution in [3.05, 3.63) is 70.5 Å². The highest BCUT2D eigenvalue weighted by molar-refractivity contribution is 5.79. The van der Waals surface area contributed by atoms with Gasteiger partial charge in [-0.15, -0.1) is 0 Å². The lowest BCUT2D eigenvalue weighted by Crippen LogP contribution is -2.36. The number of nitrogens with zero attached hydrogens (tertiary/aromatic N) is 1. The average Bonchev–Trinajstić information content (AvgIpc) is 2.62. The molecule has 0 aliphatic heterocycles. The first-order valence-corrected chi connectivity index (χ1v) is 8.46. The fraction of sp³-hybridized carbons (Fsp3) is 0.350. The molecule has 0 saturated carbocycles. The fourth-order valence-corrected chi connectivity index (χ4v) is 2.35. The molecule has 4 nitrogen and oxygen atoms in total. The second-order valence-corrected chi connectivity index (χ2v) is 5.88. The van der Waals surface area contributed by atoms with E-state index in [-0.39, 0.29) is 5.82 Å². The van der Waals surface area contributed by atoms with Crippen LogP contribution >= 0.6 is 0 Å². The van der Waals surface area contributed by atoms with Gasteiger partial charge in [0.1, 0.15) is 5.82 Å². The van der Waals surface area contributed by atoms with Gasteiger partial charge in [0.25, 0.3) is 0 Å². The van der Waals surface area contributed by atoms with Gasteiger partial charge in [-0.25, -0.2) is 9.38 Å².